The molecule has 0 bridgehead atoms. The smallest absolute Gasteiger partial charge is 0.226 e. The average molecular weight is 358 g/mol. The minimum Gasteiger partial charge on any atom is -0.309 e. The van der Waals surface area contributed by atoms with Crippen LogP contribution in [0.5, 0.6) is 0 Å². The molecule has 2 aromatic rings. The van der Waals surface area contributed by atoms with E-state index in [9.17, 15) is 4.79 Å². The van der Waals surface area contributed by atoms with Crippen LogP contribution in [0.25, 0.3) is 0 Å². The molecule has 0 N–H and O–H groups in total. The summed E-state index contributed by atoms with van der Waals surface area (Å²) in [5.41, 5.74) is 4.12. The fourth-order valence-electron chi connectivity index (χ4n) is 3.72. The first-order valence-electron chi connectivity index (χ1n) is 9.15. The van der Waals surface area contributed by atoms with E-state index < -0.39 is 0 Å². The molecular formula is C20H27N3OS. The zero-order valence-electron chi connectivity index (χ0n) is 15.1. The Morgan fingerprint density at radius 3 is 2.80 bits per heavy atom. The molecule has 25 heavy (non-hydrogen) atoms. The summed E-state index contributed by atoms with van der Waals surface area (Å²) in [5, 5.41) is 2.13. The SMILES string of the molecule is CCC(=O)N(c1ccccc1)C1CCN(CCc2cscn2)CC1C. The van der Waals surface area contributed by atoms with Crippen LogP contribution in [-0.2, 0) is 11.2 Å². The van der Waals surface area contributed by atoms with Gasteiger partial charge in [-0.05, 0) is 24.5 Å². The van der Waals surface area contributed by atoms with Crippen LogP contribution in [0.4, 0.5) is 5.69 Å². The van der Waals surface area contributed by atoms with Crippen molar-refractivity contribution < 1.29 is 4.79 Å². The number of hydrogen-bond donors (Lipinski definition) is 0. The number of likely N-dealkylation sites (tertiary alicyclic amines) is 1. The molecule has 1 aliphatic heterocycles. The number of thiazole rings is 1. The highest BCUT2D eigenvalue weighted by atomic mass is 32.1. The van der Waals surface area contributed by atoms with E-state index in [1.807, 2.05) is 35.5 Å². The molecule has 1 saturated heterocycles. The number of para-hydroxylation sites is 1. The van der Waals surface area contributed by atoms with Gasteiger partial charge in [0.05, 0.1) is 11.2 Å². The zero-order chi connectivity index (χ0) is 17.6. The Labute approximate surface area is 154 Å². The van der Waals surface area contributed by atoms with Gasteiger partial charge in [0.25, 0.3) is 0 Å². The first-order valence-corrected chi connectivity index (χ1v) is 10.1. The van der Waals surface area contributed by atoms with Gasteiger partial charge in [-0.25, -0.2) is 4.98 Å². The maximum Gasteiger partial charge on any atom is 0.226 e. The Hall–Kier alpha value is -1.72. The van der Waals surface area contributed by atoms with Crippen molar-refractivity contribution in [2.45, 2.75) is 39.2 Å². The van der Waals surface area contributed by atoms with Gasteiger partial charge in [0.2, 0.25) is 5.91 Å². The number of rotatable bonds is 6. The number of piperidine rings is 1. The fraction of sp³-hybridized carbons (Fsp3) is 0.500. The molecule has 0 spiro atoms. The van der Waals surface area contributed by atoms with Gasteiger partial charge < -0.3 is 9.80 Å². The Balaban J connectivity index is 1.65. The molecule has 3 rings (SSSR count). The van der Waals surface area contributed by atoms with Crippen molar-refractivity contribution in [3.63, 3.8) is 0 Å². The number of hydrogen-bond acceptors (Lipinski definition) is 4. The summed E-state index contributed by atoms with van der Waals surface area (Å²) < 4.78 is 0. The van der Waals surface area contributed by atoms with Gasteiger partial charge in [0, 0.05) is 49.6 Å². The molecule has 5 heteroatoms. The van der Waals surface area contributed by atoms with Crippen LogP contribution < -0.4 is 4.90 Å². The summed E-state index contributed by atoms with van der Waals surface area (Å²) in [6, 6.07) is 10.4. The highest BCUT2D eigenvalue weighted by molar-refractivity contribution is 7.07. The highest BCUT2D eigenvalue weighted by Gasteiger charge is 2.33. The Morgan fingerprint density at radius 2 is 2.16 bits per heavy atom. The van der Waals surface area contributed by atoms with Crippen LogP contribution in [0.2, 0.25) is 0 Å². The summed E-state index contributed by atoms with van der Waals surface area (Å²) >= 11 is 1.66. The van der Waals surface area contributed by atoms with Gasteiger partial charge in [0.1, 0.15) is 0 Å². The molecule has 2 unspecified atom stereocenters. The van der Waals surface area contributed by atoms with Crippen molar-refractivity contribution in [2.24, 2.45) is 5.92 Å². The molecule has 2 heterocycles. The lowest BCUT2D eigenvalue weighted by atomic mass is 9.91. The molecule has 0 saturated carbocycles. The standard InChI is InChI=1S/C20H27N3OS/c1-3-20(24)23(18-7-5-4-6-8-18)19-10-12-22(13-16(19)2)11-9-17-14-25-15-21-17/h4-8,14-16,19H,3,9-13H2,1-2H3. The van der Waals surface area contributed by atoms with Gasteiger partial charge >= 0.3 is 0 Å². The molecule has 0 radical (unpaired) electrons. The number of carbonyl (C=O) groups is 1. The molecule has 1 amide bonds. The normalized spacial score (nSPS) is 21.2. The predicted molar refractivity (Wildman–Crippen MR) is 104 cm³/mol. The second-order valence-corrected chi connectivity index (χ2v) is 7.54. The first kappa shape index (κ1) is 18.1. The lowest BCUT2D eigenvalue weighted by Gasteiger charge is -2.42. The van der Waals surface area contributed by atoms with Crippen LogP contribution in [0, 0.1) is 5.92 Å². The van der Waals surface area contributed by atoms with Gasteiger partial charge in [-0.1, -0.05) is 32.0 Å². The lowest BCUT2D eigenvalue weighted by molar-refractivity contribution is -0.119. The summed E-state index contributed by atoms with van der Waals surface area (Å²) in [6.45, 7) is 7.35. The van der Waals surface area contributed by atoms with Crippen molar-refractivity contribution >= 4 is 22.9 Å². The molecule has 4 nitrogen and oxygen atoms in total. The van der Waals surface area contributed by atoms with E-state index in [4.69, 9.17) is 0 Å². The molecule has 1 aromatic heterocycles. The van der Waals surface area contributed by atoms with Crippen molar-refractivity contribution in [3.8, 4) is 0 Å². The van der Waals surface area contributed by atoms with Crippen molar-refractivity contribution in [3.05, 3.63) is 46.9 Å². The Kier molecular flexibility index (Phi) is 6.21. The summed E-state index contributed by atoms with van der Waals surface area (Å²) in [7, 11) is 0. The summed E-state index contributed by atoms with van der Waals surface area (Å²) in [6.07, 6.45) is 2.59. The third-order valence-electron chi connectivity index (χ3n) is 5.05. The van der Waals surface area contributed by atoms with E-state index in [0.717, 1.165) is 38.2 Å². The van der Waals surface area contributed by atoms with E-state index in [1.54, 1.807) is 11.3 Å². The number of carbonyl (C=O) groups excluding carboxylic acids is 1. The minimum absolute atomic E-state index is 0.221. The van der Waals surface area contributed by atoms with Crippen LogP contribution in [0.3, 0.4) is 0 Å². The molecule has 134 valence electrons. The van der Waals surface area contributed by atoms with E-state index >= 15 is 0 Å². The predicted octanol–water partition coefficient (Wildman–Crippen LogP) is 3.84. The van der Waals surface area contributed by atoms with Crippen LogP contribution in [0.1, 0.15) is 32.4 Å². The van der Waals surface area contributed by atoms with Gasteiger partial charge in [-0.3, -0.25) is 4.79 Å². The third kappa shape index (κ3) is 4.47. The molecular weight excluding hydrogens is 330 g/mol. The molecule has 2 atom stereocenters. The largest absolute Gasteiger partial charge is 0.309 e. The quantitative estimate of drug-likeness (QED) is 0.788. The van der Waals surface area contributed by atoms with Crippen molar-refractivity contribution in [1.29, 1.82) is 0 Å². The first-order chi connectivity index (χ1) is 12.2. The van der Waals surface area contributed by atoms with E-state index in [-0.39, 0.29) is 11.9 Å². The Bertz CT molecular complexity index is 659. The number of anilines is 1. The highest BCUT2D eigenvalue weighted by Crippen LogP contribution is 2.28. The number of nitrogens with zero attached hydrogens (tertiary/aromatic N) is 3. The fourth-order valence-corrected chi connectivity index (χ4v) is 4.31. The van der Waals surface area contributed by atoms with Crippen LogP contribution in [0.15, 0.2) is 41.2 Å². The number of benzene rings is 1. The van der Waals surface area contributed by atoms with Gasteiger partial charge in [0.15, 0.2) is 0 Å². The lowest BCUT2D eigenvalue weighted by Crippen LogP contribution is -2.52. The average Bonchev–Trinajstić information content (AvgIpc) is 3.16. The van der Waals surface area contributed by atoms with Gasteiger partial charge in [-0.15, -0.1) is 11.3 Å². The van der Waals surface area contributed by atoms with Gasteiger partial charge in [-0.2, -0.15) is 0 Å². The molecule has 1 aromatic carbocycles. The van der Waals surface area contributed by atoms with E-state index in [1.165, 1.54) is 5.69 Å². The summed E-state index contributed by atoms with van der Waals surface area (Å²) in [4.78, 5) is 21.6. The third-order valence-corrected chi connectivity index (χ3v) is 5.68. The van der Waals surface area contributed by atoms with Crippen LogP contribution >= 0.6 is 11.3 Å². The van der Waals surface area contributed by atoms with E-state index in [0.29, 0.717) is 12.3 Å². The topological polar surface area (TPSA) is 36.4 Å². The molecule has 0 aliphatic carbocycles. The summed E-state index contributed by atoms with van der Waals surface area (Å²) in [5.74, 6) is 0.680. The second kappa shape index (κ2) is 8.59. The number of aromatic nitrogens is 1. The van der Waals surface area contributed by atoms with Crippen molar-refractivity contribution in [1.82, 2.24) is 9.88 Å². The Morgan fingerprint density at radius 1 is 1.36 bits per heavy atom. The van der Waals surface area contributed by atoms with Crippen LogP contribution in [-0.4, -0.2) is 41.5 Å². The second-order valence-electron chi connectivity index (χ2n) is 6.82. The van der Waals surface area contributed by atoms with E-state index in [2.05, 4.69) is 34.3 Å². The molecule has 1 fully saturated rings. The monoisotopic (exact) mass is 357 g/mol. The maximum atomic E-state index is 12.6. The van der Waals surface area contributed by atoms with Crippen molar-refractivity contribution in [2.75, 3.05) is 24.5 Å². The maximum absolute atomic E-state index is 12.6. The minimum atomic E-state index is 0.221. The molecule has 1 aliphatic rings. The number of amides is 1. The zero-order valence-corrected chi connectivity index (χ0v) is 15.9.